The van der Waals surface area contributed by atoms with Crippen molar-refractivity contribution in [1.82, 2.24) is 9.55 Å². The fourth-order valence-corrected chi connectivity index (χ4v) is 2.87. The lowest BCUT2D eigenvalue weighted by molar-refractivity contribution is 0.506. The molecule has 0 aliphatic heterocycles. The Morgan fingerprint density at radius 2 is 1.96 bits per heavy atom. The third-order valence-electron chi connectivity index (χ3n) is 4.30. The summed E-state index contributed by atoms with van der Waals surface area (Å²) >= 11 is 6.15. The molecule has 1 aromatic heterocycles. The minimum Gasteiger partial charge on any atom is -0.325 e. The molecule has 2 aromatic carbocycles. The number of aromatic nitrogens is 2. The molecule has 4 nitrogen and oxygen atoms in total. The third-order valence-corrected chi connectivity index (χ3v) is 4.71. The van der Waals surface area contributed by atoms with Crippen molar-refractivity contribution in [3.8, 4) is 0 Å². The quantitative estimate of drug-likeness (QED) is 0.679. The van der Waals surface area contributed by atoms with E-state index in [-0.39, 0.29) is 12.1 Å². The van der Waals surface area contributed by atoms with Gasteiger partial charge in [-0.25, -0.2) is 8.78 Å². The SMILES string of the molecule is CCc1cn(Cc2ccc(F)c(F)c2)c(Nc2cccc(Cl)c2C)nc1=O. The Bertz CT molecular complexity index is 1050. The first-order chi connectivity index (χ1) is 12.9. The first-order valence-electron chi connectivity index (χ1n) is 8.45. The summed E-state index contributed by atoms with van der Waals surface area (Å²) < 4.78 is 28.5. The van der Waals surface area contributed by atoms with Gasteiger partial charge in [0, 0.05) is 22.5 Å². The van der Waals surface area contributed by atoms with E-state index >= 15 is 0 Å². The fraction of sp³-hybridized carbons (Fsp3) is 0.200. The van der Waals surface area contributed by atoms with Crippen LogP contribution < -0.4 is 10.9 Å². The molecule has 0 aliphatic carbocycles. The van der Waals surface area contributed by atoms with Gasteiger partial charge in [-0.1, -0.05) is 30.7 Å². The molecule has 0 bridgehead atoms. The van der Waals surface area contributed by atoms with Crippen molar-refractivity contribution < 1.29 is 8.78 Å². The van der Waals surface area contributed by atoms with E-state index in [1.165, 1.54) is 6.07 Å². The minimum absolute atomic E-state index is 0.222. The molecule has 0 unspecified atom stereocenters. The van der Waals surface area contributed by atoms with Crippen LogP contribution in [0.3, 0.4) is 0 Å². The van der Waals surface area contributed by atoms with E-state index in [0.717, 1.165) is 17.7 Å². The maximum absolute atomic E-state index is 13.6. The van der Waals surface area contributed by atoms with E-state index in [1.54, 1.807) is 22.9 Å². The van der Waals surface area contributed by atoms with E-state index in [1.807, 2.05) is 19.9 Å². The minimum atomic E-state index is -0.919. The average molecular weight is 390 g/mol. The molecule has 3 aromatic rings. The summed E-state index contributed by atoms with van der Waals surface area (Å²) in [5.74, 6) is -1.52. The number of nitrogens with zero attached hydrogens (tertiary/aromatic N) is 2. The molecule has 140 valence electrons. The Kier molecular flexibility index (Phi) is 5.56. The first kappa shape index (κ1) is 19.0. The van der Waals surface area contributed by atoms with Crippen molar-refractivity contribution in [3.05, 3.63) is 86.3 Å². The summed E-state index contributed by atoms with van der Waals surface area (Å²) in [5, 5.41) is 3.70. The number of benzene rings is 2. The summed E-state index contributed by atoms with van der Waals surface area (Å²) in [7, 11) is 0. The standard InChI is InChI=1S/C20H18ClF2N3O/c1-3-14-11-26(10-13-7-8-16(22)17(23)9-13)20(25-19(14)27)24-18-6-4-5-15(21)12(18)2/h4-9,11H,3,10H2,1-2H3,(H,24,25,27). The zero-order valence-corrected chi connectivity index (χ0v) is 15.6. The molecule has 0 fully saturated rings. The normalized spacial score (nSPS) is 10.9. The highest BCUT2D eigenvalue weighted by Gasteiger charge is 2.12. The first-order valence-corrected chi connectivity index (χ1v) is 8.83. The fourth-order valence-electron chi connectivity index (χ4n) is 2.70. The van der Waals surface area contributed by atoms with Crippen molar-refractivity contribution in [1.29, 1.82) is 0 Å². The molecular formula is C20H18ClF2N3O. The second kappa shape index (κ2) is 7.88. The number of aryl methyl sites for hydroxylation is 1. The van der Waals surface area contributed by atoms with Crippen LogP contribution in [0.2, 0.25) is 5.02 Å². The Labute approximate surface area is 160 Å². The average Bonchev–Trinajstić information content (AvgIpc) is 2.64. The molecular weight excluding hydrogens is 372 g/mol. The number of nitrogens with one attached hydrogen (secondary N) is 1. The largest absolute Gasteiger partial charge is 0.325 e. The van der Waals surface area contributed by atoms with Gasteiger partial charge in [0.05, 0.1) is 6.54 Å². The van der Waals surface area contributed by atoms with Crippen LogP contribution in [0.5, 0.6) is 0 Å². The number of anilines is 2. The predicted octanol–water partition coefficient (Wildman–Crippen LogP) is 4.84. The zero-order valence-electron chi connectivity index (χ0n) is 14.9. The van der Waals surface area contributed by atoms with Crippen molar-refractivity contribution in [2.75, 3.05) is 5.32 Å². The maximum atomic E-state index is 13.6. The van der Waals surface area contributed by atoms with Crippen LogP contribution in [0.15, 0.2) is 47.4 Å². The van der Waals surface area contributed by atoms with Gasteiger partial charge in [-0.3, -0.25) is 4.79 Å². The second-order valence-electron chi connectivity index (χ2n) is 6.16. The molecule has 0 saturated heterocycles. The van der Waals surface area contributed by atoms with Gasteiger partial charge in [0.2, 0.25) is 5.95 Å². The smallest absolute Gasteiger partial charge is 0.277 e. The monoisotopic (exact) mass is 389 g/mol. The predicted molar refractivity (Wildman–Crippen MR) is 103 cm³/mol. The van der Waals surface area contributed by atoms with Gasteiger partial charge in [0.15, 0.2) is 11.6 Å². The van der Waals surface area contributed by atoms with Crippen LogP contribution >= 0.6 is 11.6 Å². The van der Waals surface area contributed by atoms with E-state index in [0.29, 0.717) is 34.2 Å². The number of hydrogen-bond acceptors (Lipinski definition) is 3. The lowest BCUT2D eigenvalue weighted by Gasteiger charge is -2.17. The summed E-state index contributed by atoms with van der Waals surface area (Å²) in [5.41, 5.74) is 2.27. The van der Waals surface area contributed by atoms with Crippen LogP contribution in [0.1, 0.15) is 23.6 Å². The molecule has 3 rings (SSSR count). The van der Waals surface area contributed by atoms with E-state index < -0.39 is 11.6 Å². The van der Waals surface area contributed by atoms with Crippen molar-refractivity contribution in [3.63, 3.8) is 0 Å². The van der Waals surface area contributed by atoms with Crippen LogP contribution in [-0.4, -0.2) is 9.55 Å². The molecule has 0 atom stereocenters. The molecule has 0 aliphatic rings. The Morgan fingerprint density at radius 3 is 2.67 bits per heavy atom. The van der Waals surface area contributed by atoms with Gasteiger partial charge in [0.25, 0.3) is 5.56 Å². The van der Waals surface area contributed by atoms with Crippen LogP contribution in [-0.2, 0) is 13.0 Å². The van der Waals surface area contributed by atoms with Crippen LogP contribution in [0.4, 0.5) is 20.4 Å². The van der Waals surface area contributed by atoms with Gasteiger partial charge < -0.3 is 9.88 Å². The highest BCUT2D eigenvalue weighted by atomic mass is 35.5. The van der Waals surface area contributed by atoms with Gasteiger partial charge >= 0.3 is 0 Å². The molecule has 0 spiro atoms. The van der Waals surface area contributed by atoms with Gasteiger partial charge in [-0.2, -0.15) is 4.98 Å². The molecule has 27 heavy (non-hydrogen) atoms. The Balaban J connectivity index is 2.04. The Morgan fingerprint density at radius 1 is 1.19 bits per heavy atom. The summed E-state index contributed by atoms with van der Waals surface area (Å²) in [6.45, 7) is 3.93. The molecule has 0 amide bonds. The van der Waals surface area contributed by atoms with Crippen molar-refractivity contribution in [2.45, 2.75) is 26.8 Å². The molecule has 7 heteroatoms. The third kappa shape index (κ3) is 4.17. The molecule has 1 N–H and O–H groups in total. The number of rotatable bonds is 5. The van der Waals surface area contributed by atoms with Gasteiger partial charge in [-0.05, 0) is 48.7 Å². The van der Waals surface area contributed by atoms with E-state index in [4.69, 9.17) is 11.6 Å². The second-order valence-corrected chi connectivity index (χ2v) is 6.57. The summed E-state index contributed by atoms with van der Waals surface area (Å²) in [6.07, 6.45) is 2.19. The zero-order chi connectivity index (χ0) is 19.6. The van der Waals surface area contributed by atoms with Gasteiger partial charge in [0.1, 0.15) is 0 Å². The van der Waals surface area contributed by atoms with Gasteiger partial charge in [-0.15, -0.1) is 0 Å². The maximum Gasteiger partial charge on any atom is 0.277 e. The molecule has 1 heterocycles. The highest BCUT2D eigenvalue weighted by molar-refractivity contribution is 6.31. The van der Waals surface area contributed by atoms with Crippen LogP contribution in [0.25, 0.3) is 0 Å². The lowest BCUT2D eigenvalue weighted by Crippen LogP contribution is -2.21. The molecule has 0 saturated carbocycles. The van der Waals surface area contributed by atoms with E-state index in [9.17, 15) is 13.6 Å². The van der Waals surface area contributed by atoms with Crippen molar-refractivity contribution >= 4 is 23.2 Å². The summed E-state index contributed by atoms with van der Waals surface area (Å²) in [4.78, 5) is 16.3. The van der Waals surface area contributed by atoms with E-state index in [2.05, 4.69) is 10.3 Å². The highest BCUT2D eigenvalue weighted by Crippen LogP contribution is 2.25. The van der Waals surface area contributed by atoms with Crippen LogP contribution in [0, 0.1) is 18.6 Å². The topological polar surface area (TPSA) is 46.9 Å². The lowest BCUT2D eigenvalue weighted by atomic mass is 10.2. The number of hydrogen-bond donors (Lipinski definition) is 1. The Hall–Kier alpha value is -2.73. The molecule has 0 radical (unpaired) electrons. The summed E-state index contributed by atoms with van der Waals surface area (Å²) in [6, 6.07) is 9.09. The number of halogens is 3. The van der Waals surface area contributed by atoms with Crippen molar-refractivity contribution in [2.24, 2.45) is 0 Å².